The first-order valence-electron chi connectivity index (χ1n) is 14.1. The van der Waals surface area contributed by atoms with Crippen LogP contribution in [0, 0.1) is 11.8 Å². The van der Waals surface area contributed by atoms with Gasteiger partial charge in [0.25, 0.3) is 0 Å². The van der Waals surface area contributed by atoms with Gasteiger partial charge in [-0.15, -0.1) is 11.8 Å². The maximum atomic E-state index is 14.4. The molecule has 1 spiro atoms. The van der Waals surface area contributed by atoms with E-state index in [4.69, 9.17) is 4.74 Å². The van der Waals surface area contributed by atoms with Gasteiger partial charge in [0, 0.05) is 43.2 Å². The minimum Gasteiger partial charge on any atom is -0.494 e. The maximum Gasteiger partial charge on any atom is 0.247 e. The number of ether oxygens (including phenoxy) is 1. The third-order valence-electron chi connectivity index (χ3n) is 8.44. The van der Waals surface area contributed by atoms with Gasteiger partial charge >= 0.3 is 0 Å². The third-order valence-corrected chi connectivity index (χ3v) is 10.2. The molecule has 1 aromatic carbocycles. The minimum atomic E-state index is -0.855. The zero-order valence-electron chi connectivity index (χ0n) is 23.0. The second kappa shape index (κ2) is 11.0. The van der Waals surface area contributed by atoms with Crippen LogP contribution in [0.3, 0.4) is 0 Å². The van der Waals surface area contributed by atoms with Crippen molar-refractivity contribution < 1.29 is 24.2 Å². The normalized spacial score (nSPS) is 31.7. The first-order chi connectivity index (χ1) is 18.8. The molecule has 1 N–H and O–H groups in total. The second-order valence-corrected chi connectivity index (χ2v) is 12.7. The van der Waals surface area contributed by atoms with Gasteiger partial charge < -0.3 is 24.5 Å². The number of aliphatic hydroxyl groups is 1. The van der Waals surface area contributed by atoms with Gasteiger partial charge in [0.2, 0.25) is 17.7 Å². The third kappa shape index (κ3) is 4.57. The van der Waals surface area contributed by atoms with Gasteiger partial charge in [0.05, 0.1) is 23.2 Å². The fourth-order valence-electron chi connectivity index (χ4n) is 6.72. The summed E-state index contributed by atoms with van der Waals surface area (Å²) in [6.45, 7) is 8.37. The number of fused-ring (bicyclic) bond motifs is 2. The zero-order chi connectivity index (χ0) is 27.8. The Morgan fingerprint density at radius 2 is 1.69 bits per heavy atom. The number of anilines is 1. The summed E-state index contributed by atoms with van der Waals surface area (Å²) in [6.07, 6.45) is 10.4. The van der Waals surface area contributed by atoms with Crippen molar-refractivity contribution in [3.8, 4) is 5.75 Å². The molecule has 4 aliphatic heterocycles. The summed E-state index contributed by atoms with van der Waals surface area (Å²) in [4.78, 5) is 48.0. The minimum absolute atomic E-state index is 0.0606. The Morgan fingerprint density at radius 3 is 2.38 bits per heavy atom. The topological polar surface area (TPSA) is 90.4 Å². The number of amides is 3. The fourth-order valence-corrected chi connectivity index (χ4v) is 8.88. The highest BCUT2D eigenvalue weighted by Gasteiger charge is 2.73. The maximum absolute atomic E-state index is 14.4. The van der Waals surface area contributed by atoms with E-state index in [2.05, 4.69) is 19.1 Å². The van der Waals surface area contributed by atoms with Gasteiger partial charge in [-0.25, -0.2) is 0 Å². The Kier molecular flexibility index (Phi) is 7.84. The highest BCUT2D eigenvalue weighted by atomic mass is 32.2. The van der Waals surface area contributed by atoms with Gasteiger partial charge in [-0.2, -0.15) is 0 Å². The predicted octanol–water partition coefficient (Wildman–Crippen LogP) is 3.26. The Bertz CT molecular complexity index is 1170. The van der Waals surface area contributed by atoms with E-state index in [1.54, 1.807) is 21.6 Å². The summed E-state index contributed by atoms with van der Waals surface area (Å²) in [5.41, 5.74) is 0.751. The number of rotatable bonds is 9. The molecule has 4 heterocycles. The highest BCUT2D eigenvalue weighted by Crippen LogP contribution is 2.65. The molecule has 8 nitrogen and oxygen atoms in total. The Balaban J connectivity index is 1.56. The molecule has 0 saturated carbocycles. The number of aliphatic hydroxyl groups excluding tert-OH is 1. The number of hydrogen-bond donors (Lipinski definition) is 1. The monoisotopic (exact) mass is 553 g/mol. The number of benzene rings is 1. The fraction of sp³-hybridized carbons (Fsp3) is 0.567. The Morgan fingerprint density at radius 1 is 0.949 bits per heavy atom. The van der Waals surface area contributed by atoms with Crippen molar-refractivity contribution in [1.82, 2.24) is 9.80 Å². The smallest absolute Gasteiger partial charge is 0.247 e. The summed E-state index contributed by atoms with van der Waals surface area (Å²) in [7, 11) is 0. The van der Waals surface area contributed by atoms with Crippen LogP contribution in [0.2, 0.25) is 0 Å². The summed E-state index contributed by atoms with van der Waals surface area (Å²) in [5.74, 6) is -0.910. The summed E-state index contributed by atoms with van der Waals surface area (Å²) >= 11 is 1.59. The number of likely N-dealkylation sites (tertiary alicyclic amines) is 1. The van der Waals surface area contributed by atoms with E-state index in [1.165, 1.54) is 0 Å². The number of unbranched alkanes of at least 4 members (excludes halogenated alkanes) is 1. The van der Waals surface area contributed by atoms with Crippen molar-refractivity contribution in [2.75, 3.05) is 44.3 Å². The molecular formula is C30H39N3O5S. The first kappa shape index (κ1) is 27.8. The lowest BCUT2D eigenvalue weighted by atomic mass is 9.74. The standard InChI is InChI=1S/C30H39N3O5S/c1-4-6-16-31-17-8-15-30-24(27(36)33(19-9-20-34)25(30)28(31)37)23-26(35)32(18-7-14-29(23,3)39-30)21-10-12-22(13-11-21)38-5-2/h7-8,10-15,23-25,34H,4-6,9,16-20H2,1-3H3/t23-,24+,25?,29+,30+/m1/s1. The van der Waals surface area contributed by atoms with Gasteiger partial charge in [0.1, 0.15) is 11.8 Å². The van der Waals surface area contributed by atoms with E-state index >= 15 is 0 Å². The molecule has 39 heavy (non-hydrogen) atoms. The van der Waals surface area contributed by atoms with Crippen LogP contribution in [0.1, 0.15) is 40.0 Å². The zero-order valence-corrected chi connectivity index (χ0v) is 23.9. The average Bonchev–Trinajstić information content (AvgIpc) is 3.19. The van der Waals surface area contributed by atoms with Crippen LogP contribution in [-0.4, -0.2) is 87.6 Å². The molecule has 2 saturated heterocycles. The molecule has 3 amide bonds. The van der Waals surface area contributed by atoms with E-state index in [0.29, 0.717) is 32.7 Å². The quantitative estimate of drug-likeness (QED) is 0.472. The van der Waals surface area contributed by atoms with Crippen LogP contribution >= 0.6 is 11.8 Å². The molecule has 4 aliphatic rings. The molecule has 9 heteroatoms. The van der Waals surface area contributed by atoms with Crippen molar-refractivity contribution in [2.45, 2.75) is 55.6 Å². The molecule has 0 aromatic heterocycles. The van der Waals surface area contributed by atoms with Gasteiger partial charge in [-0.1, -0.05) is 37.6 Å². The van der Waals surface area contributed by atoms with Crippen LogP contribution in [0.15, 0.2) is 48.6 Å². The molecular weight excluding hydrogens is 514 g/mol. The van der Waals surface area contributed by atoms with Crippen LogP contribution in [0.4, 0.5) is 5.69 Å². The van der Waals surface area contributed by atoms with E-state index in [0.717, 1.165) is 24.3 Å². The predicted molar refractivity (Wildman–Crippen MR) is 153 cm³/mol. The first-order valence-corrected chi connectivity index (χ1v) is 14.9. The lowest BCUT2D eigenvalue weighted by Gasteiger charge is -2.36. The number of carbonyl (C=O) groups is 3. The van der Waals surface area contributed by atoms with Gasteiger partial charge in [-0.05, 0) is 51.0 Å². The number of hydrogen-bond acceptors (Lipinski definition) is 6. The van der Waals surface area contributed by atoms with E-state index < -0.39 is 27.4 Å². The van der Waals surface area contributed by atoms with Crippen molar-refractivity contribution in [2.24, 2.45) is 11.8 Å². The van der Waals surface area contributed by atoms with Crippen molar-refractivity contribution >= 4 is 35.2 Å². The van der Waals surface area contributed by atoms with E-state index in [1.807, 2.05) is 55.2 Å². The average molecular weight is 554 g/mol. The molecule has 1 unspecified atom stereocenters. The van der Waals surface area contributed by atoms with Crippen LogP contribution in [0.5, 0.6) is 5.75 Å². The number of thioether (sulfide) groups is 1. The highest BCUT2D eigenvalue weighted by molar-refractivity contribution is 8.02. The molecule has 5 rings (SSSR count). The lowest BCUT2D eigenvalue weighted by Crippen LogP contribution is -2.53. The van der Waals surface area contributed by atoms with Crippen LogP contribution in [0.25, 0.3) is 0 Å². The van der Waals surface area contributed by atoms with Crippen molar-refractivity contribution in [3.63, 3.8) is 0 Å². The van der Waals surface area contributed by atoms with Crippen LogP contribution in [-0.2, 0) is 14.4 Å². The summed E-state index contributed by atoms with van der Waals surface area (Å²) in [5, 5.41) is 9.59. The van der Waals surface area contributed by atoms with Crippen molar-refractivity contribution in [1.29, 1.82) is 0 Å². The van der Waals surface area contributed by atoms with Crippen LogP contribution < -0.4 is 9.64 Å². The largest absolute Gasteiger partial charge is 0.494 e. The molecule has 2 fully saturated rings. The number of nitrogens with zero attached hydrogens (tertiary/aromatic N) is 3. The summed E-state index contributed by atoms with van der Waals surface area (Å²) < 4.78 is 4.07. The Hall–Kier alpha value is -2.78. The molecule has 210 valence electrons. The lowest BCUT2D eigenvalue weighted by molar-refractivity contribution is -0.143. The molecule has 5 atom stereocenters. The number of carbonyl (C=O) groups excluding carboxylic acids is 3. The SMILES string of the molecule is CCCCN1CC=C[C@]23S[C@@]4(C)C=CCN(c5ccc(OCC)cc5)C(=O)[C@H]4[C@H]2C(=O)N(CCCO)C3C1=O. The Labute approximate surface area is 235 Å². The molecule has 0 aliphatic carbocycles. The van der Waals surface area contributed by atoms with Crippen molar-refractivity contribution in [3.05, 3.63) is 48.6 Å². The van der Waals surface area contributed by atoms with E-state index in [-0.39, 0.29) is 30.9 Å². The van der Waals surface area contributed by atoms with Gasteiger partial charge in [-0.3, -0.25) is 14.4 Å². The molecule has 0 bridgehead atoms. The van der Waals surface area contributed by atoms with E-state index in [9.17, 15) is 19.5 Å². The van der Waals surface area contributed by atoms with Gasteiger partial charge in [0.15, 0.2) is 0 Å². The summed E-state index contributed by atoms with van der Waals surface area (Å²) in [6, 6.07) is 6.77. The molecule has 0 radical (unpaired) electrons. The molecule has 1 aromatic rings. The second-order valence-electron chi connectivity index (χ2n) is 10.9.